The Morgan fingerprint density at radius 1 is 0.550 bits per heavy atom. The summed E-state index contributed by atoms with van der Waals surface area (Å²) in [5.74, 6) is -0.852. The first-order valence-corrected chi connectivity index (χ1v) is 8.60. The molecule has 0 rings (SSSR count). The first-order valence-electron chi connectivity index (χ1n) is 8.60. The van der Waals surface area contributed by atoms with Gasteiger partial charge in [0.15, 0.2) is 0 Å². The Morgan fingerprint density at radius 3 is 1.10 bits per heavy atom. The Kier molecular flexibility index (Phi) is 13.8. The van der Waals surface area contributed by atoms with Gasteiger partial charge < -0.3 is 14.2 Å². The second kappa shape index (κ2) is 13.8. The molecule has 0 unspecified atom stereocenters. The lowest BCUT2D eigenvalue weighted by Crippen LogP contribution is -2.37. The molecule has 122 valence electrons. The molecule has 0 aromatic heterocycles. The van der Waals surface area contributed by atoms with Crippen LogP contribution >= 0.6 is 0 Å². The molecule has 0 N–H and O–H groups in total. The molecule has 3 heteroatoms. The first-order chi connectivity index (χ1) is 9.68. The van der Waals surface area contributed by atoms with Crippen molar-refractivity contribution < 1.29 is 14.2 Å². The topological polar surface area (TPSA) is 27.7 Å². The fourth-order valence-electron chi connectivity index (χ4n) is 1.95. The van der Waals surface area contributed by atoms with Crippen LogP contribution in [0.4, 0.5) is 0 Å². The maximum absolute atomic E-state index is 5.85. The molecular formula is C17H36O3. The van der Waals surface area contributed by atoms with Gasteiger partial charge in [-0.25, -0.2) is 0 Å². The smallest absolute Gasteiger partial charge is 0.279 e. The number of ether oxygens (including phenoxy) is 3. The highest BCUT2D eigenvalue weighted by Crippen LogP contribution is 2.17. The van der Waals surface area contributed by atoms with Gasteiger partial charge in [0.2, 0.25) is 0 Å². The molecular weight excluding hydrogens is 252 g/mol. The van der Waals surface area contributed by atoms with E-state index in [0.717, 1.165) is 19.3 Å². The minimum Gasteiger partial charge on any atom is -0.328 e. The van der Waals surface area contributed by atoms with E-state index >= 15 is 0 Å². The van der Waals surface area contributed by atoms with Crippen LogP contribution in [0.1, 0.15) is 85.5 Å². The van der Waals surface area contributed by atoms with Crippen LogP contribution in [-0.2, 0) is 14.2 Å². The zero-order valence-electron chi connectivity index (χ0n) is 14.2. The summed E-state index contributed by atoms with van der Waals surface area (Å²) in [7, 11) is 0. The maximum Gasteiger partial charge on any atom is 0.279 e. The van der Waals surface area contributed by atoms with Crippen molar-refractivity contribution in [1.29, 1.82) is 0 Å². The van der Waals surface area contributed by atoms with Gasteiger partial charge >= 0.3 is 0 Å². The number of hydrogen-bond acceptors (Lipinski definition) is 3. The Bertz CT molecular complexity index is 163. The van der Waals surface area contributed by atoms with Crippen LogP contribution in [-0.4, -0.2) is 25.8 Å². The third kappa shape index (κ3) is 11.7. The van der Waals surface area contributed by atoms with Gasteiger partial charge in [-0.2, -0.15) is 0 Å². The minimum absolute atomic E-state index is 0.714. The molecule has 0 bridgehead atoms. The fraction of sp³-hybridized carbons (Fsp3) is 1.00. The van der Waals surface area contributed by atoms with Crippen LogP contribution in [0.2, 0.25) is 0 Å². The van der Waals surface area contributed by atoms with Gasteiger partial charge in [0, 0.05) is 6.92 Å². The van der Waals surface area contributed by atoms with Crippen molar-refractivity contribution in [2.75, 3.05) is 19.8 Å². The molecule has 0 aliphatic carbocycles. The van der Waals surface area contributed by atoms with Crippen molar-refractivity contribution in [3.63, 3.8) is 0 Å². The molecule has 0 aliphatic rings. The molecule has 0 radical (unpaired) electrons. The molecule has 0 aromatic carbocycles. The molecule has 0 atom stereocenters. The van der Waals surface area contributed by atoms with E-state index in [1.165, 1.54) is 38.5 Å². The quantitative estimate of drug-likeness (QED) is 0.303. The Labute approximate surface area is 126 Å². The lowest BCUT2D eigenvalue weighted by Gasteiger charge is -2.30. The lowest BCUT2D eigenvalue weighted by atomic mass is 10.2. The average Bonchev–Trinajstić information content (AvgIpc) is 2.45. The van der Waals surface area contributed by atoms with Crippen molar-refractivity contribution in [1.82, 2.24) is 0 Å². The summed E-state index contributed by atoms with van der Waals surface area (Å²) in [6.07, 6.45) is 10.4. The van der Waals surface area contributed by atoms with Crippen molar-refractivity contribution in [2.45, 2.75) is 91.5 Å². The minimum atomic E-state index is -0.852. The van der Waals surface area contributed by atoms with Crippen LogP contribution in [0.5, 0.6) is 0 Å². The number of unbranched alkanes of at least 4 members (excludes halogenated alkanes) is 6. The van der Waals surface area contributed by atoms with E-state index in [0.29, 0.717) is 19.8 Å². The SMILES string of the molecule is CCCCCOC(C)(OCCCCC)OCCCCC. The van der Waals surface area contributed by atoms with Gasteiger partial charge in [-0.1, -0.05) is 59.3 Å². The largest absolute Gasteiger partial charge is 0.328 e. The molecule has 0 aliphatic heterocycles. The van der Waals surface area contributed by atoms with Crippen LogP contribution in [0.3, 0.4) is 0 Å². The average molecular weight is 288 g/mol. The molecule has 0 fully saturated rings. The summed E-state index contributed by atoms with van der Waals surface area (Å²) in [6, 6.07) is 0. The highest BCUT2D eigenvalue weighted by Gasteiger charge is 2.26. The van der Waals surface area contributed by atoms with Crippen LogP contribution in [0.15, 0.2) is 0 Å². The zero-order chi connectivity index (χ0) is 15.1. The standard InChI is InChI=1S/C17H36O3/c1-5-8-11-14-18-17(4,19-15-12-9-6-2)20-16-13-10-7-3/h5-16H2,1-4H3. The summed E-state index contributed by atoms with van der Waals surface area (Å²) in [6.45, 7) is 10.6. The second-order valence-electron chi connectivity index (χ2n) is 5.53. The van der Waals surface area contributed by atoms with E-state index in [-0.39, 0.29) is 0 Å². The van der Waals surface area contributed by atoms with Crippen LogP contribution < -0.4 is 0 Å². The van der Waals surface area contributed by atoms with Gasteiger partial charge in [-0.3, -0.25) is 0 Å². The van der Waals surface area contributed by atoms with E-state index < -0.39 is 5.97 Å². The van der Waals surface area contributed by atoms with Gasteiger partial charge in [-0.15, -0.1) is 0 Å². The fourth-order valence-corrected chi connectivity index (χ4v) is 1.95. The van der Waals surface area contributed by atoms with Crippen molar-refractivity contribution in [2.24, 2.45) is 0 Å². The third-order valence-corrected chi connectivity index (χ3v) is 3.34. The normalized spacial score (nSPS) is 12.0. The molecule has 0 aromatic rings. The van der Waals surface area contributed by atoms with E-state index in [9.17, 15) is 0 Å². The van der Waals surface area contributed by atoms with Gasteiger partial charge in [0.1, 0.15) is 0 Å². The van der Waals surface area contributed by atoms with E-state index in [4.69, 9.17) is 14.2 Å². The van der Waals surface area contributed by atoms with Crippen molar-refractivity contribution in [3.8, 4) is 0 Å². The number of rotatable bonds is 15. The first kappa shape index (κ1) is 19.9. The second-order valence-corrected chi connectivity index (χ2v) is 5.53. The molecule has 0 amide bonds. The Hall–Kier alpha value is -0.120. The molecule has 0 spiro atoms. The molecule has 3 nitrogen and oxygen atoms in total. The van der Waals surface area contributed by atoms with Crippen LogP contribution in [0.25, 0.3) is 0 Å². The van der Waals surface area contributed by atoms with E-state index in [1.54, 1.807) is 0 Å². The predicted octanol–water partition coefficient (Wildman–Crippen LogP) is 5.28. The summed E-state index contributed by atoms with van der Waals surface area (Å²) in [5.41, 5.74) is 0. The van der Waals surface area contributed by atoms with Crippen molar-refractivity contribution in [3.05, 3.63) is 0 Å². The third-order valence-electron chi connectivity index (χ3n) is 3.34. The molecule has 0 saturated heterocycles. The van der Waals surface area contributed by atoms with Gasteiger partial charge in [0.05, 0.1) is 19.8 Å². The summed E-state index contributed by atoms with van der Waals surface area (Å²) < 4.78 is 17.5. The molecule has 0 saturated carbocycles. The van der Waals surface area contributed by atoms with Crippen molar-refractivity contribution >= 4 is 0 Å². The Morgan fingerprint density at radius 2 is 0.850 bits per heavy atom. The number of hydrogen-bond donors (Lipinski definition) is 0. The molecule has 20 heavy (non-hydrogen) atoms. The van der Waals surface area contributed by atoms with Gasteiger partial charge in [0.25, 0.3) is 5.97 Å². The summed E-state index contributed by atoms with van der Waals surface area (Å²) in [5, 5.41) is 0. The van der Waals surface area contributed by atoms with E-state index in [2.05, 4.69) is 20.8 Å². The summed E-state index contributed by atoms with van der Waals surface area (Å²) >= 11 is 0. The zero-order valence-corrected chi connectivity index (χ0v) is 14.2. The highest BCUT2D eigenvalue weighted by molar-refractivity contribution is 4.51. The van der Waals surface area contributed by atoms with E-state index in [1.807, 2.05) is 6.92 Å². The monoisotopic (exact) mass is 288 g/mol. The van der Waals surface area contributed by atoms with Gasteiger partial charge in [-0.05, 0) is 19.3 Å². The summed E-state index contributed by atoms with van der Waals surface area (Å²) in [4.78, 5) is 0. The maximum atomic E-state index is 5.85. The van der Waals surface area contributed by atoms with Crippen LogP contribution in [0, 0.1) is 0 Å². The lowest BCUT2D eigenvalue weighted by molar-refractivity contribution is -0.370. The highest BCUT2D eigenvalue weighted by atomic mass is 16.9. The molecule has 0 heterocycles. The Balaban J connectivity index is 3.98. The predicted molar refractivity (Wildman–Crippen MR) is 84.8 cm³/mol.